The van der Waals surface area contributed by atoms with Gasteiger partial charge in [0.2, 0.25) is 5.91 Å². The first kappa shape index (κ1) is 24.4. The topological polar surface area (TPSA) is 116 Å². The Bertz CT molecular complexity index is 956. The highest BCUT2D eigenvalue weighted by Gasteiger charge is 2.19. The van der Waals surface area contributed by atoms with E-state index < -0.39 is 27.6 Å². The second-order valence-corrected chi connectivity index (χ2v) is 10.5. The SMILES string of the molecule is CN1CCN(Cc2ccnc(CCC(O)CNC(=O)CS(=O)(=O)Cc3ccoc3)c2)CC1. The van der Waals surface area contributed by atoms with Gasteiger partial charge in [0.15, 0.2) is 9.84 Å². The van der Waals surface area contributed by atoms with Crippen molar-refractivity contribution in [1.29, 1.82) is 0 Å². The predicted molar refractivity (Wildman–Crippen MR) is 121 cm³/mol. The van der Waals surface area contributed by atoms with Crippen LogP contribution in [-0.2, 0) is 33.4 Å². The number of carbonyl (C=O) groups excluding carboxylic acids is 1. The van der Waals surface area contributed by atoms with Crippen LogP contribution < -0.4 is 5.32 Å². The van der Waals surface area contributed by atoms with Gasteiger partial charge in [-0.25, -0.2) is 8.42 Å². The molecule has 9 nitrogen and oxygen atoms in total. The number of hydrogen-bond donors (Lipinski definition) is 2. The summed E-state index contributed by atoms with van der Waals surface area (Å²) in [5.41, 5.74) is 2.59. The van der Waals surface area contributed by atoms with Crippen LogP contribution in [0.2, 0.25) is 0 Å². The Balaban J connectivity index is 1.38. The van der Waals surface area contributed by atoms with Crippen LogP contribution in [0.25, 0.3) is 0 Å². The molecular formula is C22H32N4O5S. The van der Waals surface area contributed by atoms with Gasteiger partial charge in [-0.2, -0.15) is 0 Å². The van der Waals surface area contributed by atoms with Gasteiger partial charge in [0.05, 0.1) is 24.4 Å². The molecule has 2 aromatic rings. The maximum atomic E-state index is 12.1. The normalized spacial score (nSPS) is 16.7. The Labute approximate surface area is 189 Å². The Morgan fingerprint density at radius 2 is 2.03 bits per heavy atom. The summed E-state index contributed by atoms with van der Waals surface area (Å²) in [4.78, 5) is 21.1. The average Bonchev–Trinajstić information content (AvgIpc) is 3.24. The number of aliphatic hydroxyl groups excluding tert-OH is 1. The van der Waals surface area contributed by atoms with E-state index in [4.69, 9.17) is 4.42 Å². The summed E-state index contributed by atoms with van der Waals surface area (Å²) < 4.78 is 29.0. The molecule has 1 aliphatic heterocycles. The second-order valence-electron chi connectivity index (χ2n) is 8.40. The molecule has 1 amide bonds. The van der Waals surface area contributed by atoms with Crippen molar-refractivity contribution in [2.24, 2.45) is 0 Å². The molecule has 1 saturated heterocycles. The van der Waals surface area contributed by atoms with E-state index in [9.17, 15) is 18.3 Å². The lowest BCUT2D eigenvalue weighted by atomic mass is 10.1. The van der Waals surface area contributed by atoms with Crippen molar-refractivity contribution in [3.8, 4) is 0 Å². The summed E-state index contributed by atoms with van der Waals surface area (Å²) in [5, 5.41) is 12.7. The Morgan fingerprint density at radius 3 is 2.75 bits per heavy atom. The smallest absolute Gasteiger partial charge is 0.235 e. The van der Waals surface area contributed by atoms with E-state index in [0.29, 0.717) is 18.4 Å². The molecule has 1 aliphatic rings. The number of rotatable bonds is 11. The van der Waals surface area contributed by atoms with Crippen molar-refractivity contribution in [2.45, 2.75) is 31.2 Å². The number of nitrogens with zero attached hydrogens (tertiary/aromatic N) is 3. The molecule has 2 N–H and O–H groups in total. The van der Waals surface area contributed by atoms with E-state index in [1.165, 1.54) is 18.1 Å². The molecule has 0 bridgehead atoms. The highest BCUT2D eigenvalue weighted by atomic mass is 32.2. The Hall–Kier alpha value is -2.27. The molecule has 1 atom stereocenters. The van der Waals surface area contributed by atoms with Crippen molar-refractivity contribution in [1.82, 2.24) is 20.1 Å². The molecule has 10 heteroatoms. The monoisotopic (exact) mass is 464 g/mol. The van der Waals surface area contributed by atoms with Gasteiger partial charge in [0.1, 0.15) is 5.75 Å². The van der Waals surface area contributed by atoms with E-state index in [-0.39, 0.29) is 12.3 Å². The zero-order chi connectivity index (χ0) is 23.0. The van der Waals surface area contributed by atoms with Gasteiger partial charge < -0.3 is 19.7 Å². The Morgan fingerprint density at radius 1 is 1.25 bits per heavy atom. The van der Waals surface area contributed by atoms with E-state index in [1.807, 2.05) is 6.07 Å². The summed E-state index contributed by atoms with van der Waals surface area (Å²) in [7, 11) is -1.46. The average molecular weight is 465 g/mol. The minimum Gasteiger partial charge on any atom is -0.472 e. The number of aryl methyl sites for hydroxylation is 1. The number of nitrogens with one attached hydrogen (secondary N) is 1. The van der Waals surface area contributed by atoms with Gasteiger partial charge in [-0.15, -0.1) is 0 Å². The maximum Gasteiger partial charge on any atom is 0.235 e. The molecule has 176 valence electrons. The fourth-order valence-electron chi connectivity index (χ4n) is 3.61. The van der Waals surface area contributed by atoms with Gasteiger partial charge in [0, 0.05) is 56.7 Å². The molecule has 0 aliphatic carbocycles. The molecule has 2 aromatic heterocycles. The van der Waals surface area contributed by atoms with Crippen molar-refractivity contribution in [3.63, 3.8) is 0 Å². The van der Waals surface area contributed by atoms with Crippen LogP contribution in [0.3, 0.4) is 0 Å². The van der Waals surface area contributed by atoms with Crippen LogP contribution in [-0.4, -0.2) is 85.8 Å². The standard InChI is InChI=1S/C22H32N4O5S/c1-25-7-9-26(10-8-25)14-18-4-6-23-20(12-18)2-3-21(27)13-24-22(28)17-32(29,30)16-19-5-11-31-15-19/h4-6,11-12,15,21,27H,2-3,7-10,13-14,16-17H2,1H3,(H,24,28). The quantitative estimate of drug-likeness (QED) is 0.492. The summed E-state index contributed by atoms with van der Waals surface area (Å²) >= 11 is 0. The number of furan rings is 1. The van der Waals surface area contributed by atoms with Gasteiger partial charge >= 0.3 is 0 Å². The van der Waals surface area contributed by atoms with E-state index in [0.717, 1.165) is 38.4 Å². The van der Waals surface area contributed by atoms with Gasteiger partial charge in [-0.05, 0) is 43.7 Å². The minimum absolute atomic E-state index is 0.00104. The largest absolute Gasteiger partial charge is 0.472 e. The minimum atomic E-state index is -3.60. The van der Waals surface area contributed by atoms with E-state index in [2.05, 4.69) is 33.2 Å². The molecule has 0 spiro atoms. The summed E-state index contributed by atoms with van der Waals surface area (Å²) in [6.45, 7) is 5.12. The fraction of sp³-hybridized carbons (Fsp3) is 0.545. The first-order chi connectivity index (χ1) is 15.3. The number of likely N-dealkylation sites (N-methyl/N-ethyl adjacent to an activating group) is 1. The molecule has 1 fully saturated rings. The summed E-state index contributed by atoms with van der Waals surface area (Å²) in [6, 6.07) is 5.63. The van der Waals surface area contributed by atoms with Crippen molar-refractivity contribution >= 4 is 15.7 Å². The molecule has 3 rings (SSSR count). The Kier molecular flexibility index (Phi) is 8.80. The van der Waals surface area contributed by atoms with Crippen LogP contribution in [0.1, 0.15) is 23.2 Å². The second kappa shape index (κ2) is 11.6. The molecule has 3 heterocycles. The first-order valence-corrected chi connectivity index (χ1v) is 12.6. The van der Waals surface area contributed by atoms with Gasteiger partial charge in [0.25, 0.3) is 0 Å². The summed E-state index contributed by atoms with van der Waals surface area (Å²) in [6.07, 6.45) is 4.74. The third-order valence-electron chi connectivity index (χ3n) is 5.47. The number of amides is 1. The zero-order valence-electron chi connectivity index (χ0n) is 18.4. The number of aromatic nitrogens is 1. The van der Waals surface area contributed by atoms with E-state index >= 15 is 0 Å². The van der Waals surface area contributed by atoms with Crippen molar-refractivity contribution < 1.29 is 22.7 Å². The van der Waals surface area contributed by atoms with Crippen LogP contribution in [0, 0.1) is 0 Å². The zero-order valence-corrected chi connectivity index (χ0v) is 19.3. The number of carbonyl (C=O) groups is 1. The number of piperazine rings is 1. The molecule has 0 saturated carbocycles. The van der Waals surface area contributed by atoms with E-state index in [1.54, 1.807) is 12.3 Å². The molecule has 0 aromatic carbocycles. The van der Waals surface area contributed by atoms with Crippen molar-refractivity contribution in [3.05, 3.63) is 53.7 Å². The molecular weight excluding hydrogens is 432 g/mol. The lowest BCUT2D eigenvalue weighted by Crippen LogP contribution is -2.43. The predicted octanol–water partition coefficient (Wildman–Crippen LogP) is 0.447. The van der Waals surface area contributed by atoms with Crippen LogP contribution in [0.15, 0.2) is 41.3 Å². The highest BCUT2D eigenvalue weighted by molar-refractivity contribution is 7.91. The van der Waals surface area contributed by atoms with Crippen LogP contribution in [0.4, 0.5) is 0 Å². The summed E-state index contributed by atoms with van der Waals surface area (Å²) in [5.74, 6) is -1.50. The number of hydrogen-bond acceptors (Lipinski definition) is 8. The first-order valence-electron chi connectivity index (χ1n) is 10.8. The van der Waals surface area contributed by atoms with Gasteiger partial charge in [-0.3, -0.25) is 14.7 Å². The maximum absolute atomic E-state index is 12.1. The third-order valence-corrected chi connectivity index (χ3v) is 6.94. The van der Waals surface area contributed by atoms with Crippen LogP contribution in [0.5, 0.6) is 0 Å². The highest BCUT2D eigenvalue weighted by Crippen LogP contribution is 2.11. The number of pyridine rings is 1. The lowest BCUT2D eigenvalue weighted by Gasteiger charge is -2.32. The fourth-order valence-corrected chi connectivity index (χ4v) is 4.88. The van der Waals surface area contributed by atoms with Crippen LogP contribution >= 0.6 is 0 Å². The molecule has 32 heavy (non-hydrogen) atoms. The lowest BCUT2D eigenvalue weighted by molar-refractivity contribution is -0.119. The van der Waals surface area contributed by atoms with Gasteiger partial charge in [-0.1, -0.05) is 0 Å². The molecule has 1 unspecified atom stereocenters. The third kappa shape index (κ3) is 8.34. The number of sulfone groups is 1. The molecule has 0 radical (unpaired) electrons. The number of aliphatic hydroxyl groups is 1. The van der Waals surface area contributed by atoms with Crippen molar-refractivity contribution in [2.75, 3.05) is 45.5 Å².